The molecule has 144 valence electrons. The Morgan fingerprint density at radius 1 is 1.07 bits per heavy atom. The third-order valence-electron chi connectivity index (χ3n) is 5.97. The van der Waals surface area contributed by atoms with E-state index in [1.165, 1.54) is 12.8 Å². The van der Waals surface area contributed by atoms with E-state index in [-0.39, 0.29) is 5.75 Å². The van der Waals surface area contributed by atoms with E-state index in [4.69, 9.17) is 0 Å². The standard InChI is InChI=1S/C20H23N7O/c1-27(16-7-14-3-4-15(8-16)24-14)20-21-11-18(25-26-20)17-5-2-12(6-19(17)28)13-9-22-23-10-13/h2,5-6,9-11,14-16,24,28H,3-4,7-8H2,1H3,(H,22,23). The molecule has 1 aromatic carbocycles. The van der Waals surface area contributed by atoms with Crippen LogP contribution in [0.1, 0.15) is 25.7 Å². The van der Waals surface area contributed by atoms with E-state index >= 15 is 0 Å². The first-order chi connectivity index (χ1) is 13.7. The number of piperidine rings is 1. The van der Waals surface area contributed by atoms with Crippen LogP contribution in [0, 0.1) is 0 Å². The van der Waals surface area contributed by atoms with Gasteiger partial charge in [0, 0.05) is 42.5 Å². The molecule has 3 N–H and O–H groups in total. The van der Waals surface area contributed by atoms with Gasteiger partial charge in [-0.2, -0.15) is 5.10 Å². The third kappa shape index (κ3) is 3.09. The average molecular weight is 377 g/mol. The Kier molecular flexibility index (Phi) is 4.20. The monoisotopic (exact) mass is 377 g/mol. The molecule has 2 aliphatic heterocycles. The lowest BCUT2D eigenvalue weighted by molar-refractivity contribution is 0.352. The first-order valence-electron chi connectivity index (χ1n) is 9.68. The number of nitrogens with zero attached hydrogens (tertiary/aromatic N) is 5. The molecule has 2 fully saturated rings. The molecule has 2 aromatic heterocycles. The van der Waals surface area contributed by atoms with Gasteiger partial charge in [0.2, 0.25) is 5.95 Å². The molecule has 8 heteroatoms. The number of nitrogens with one attached hydrogen (secondary N) is 2. The van der Waals surface area contributed by atoms with Gasteiger partial charge in [0.15, 0.2) is 0 Å². The summed E-state index contributed by atoms with van der Waals surface area (Å²) in [6.07, 6.45) is 9.95. The van der Waals surface area contributed by atoms with Gasteiger partial charge in [-0.15, -0.1) is 10.2 Å². The van der Waals surface area contributed by atoms with E-state index in [9.17, 15) is 5.11 Å². The van der Waals surface area contributed by atoms with E-state index in [1.807, 2.05) is 19.2 Å². The van der Waals surface area contributed by atoms with Crippen molar-refractivity contribution in [1.82, 2.24) is 30.7 Å². The summed E-state index contributed by atoms with van der Waals surface area (Å²) in [4.78, 5) is 6.66. The fourth-order valence-corrected chi connectivity index (χ4v) is 4.40. The topological polar surface area (TPSA) is 103 Å². The van der Waals surface area contributed by atoms with Crippen molar-refractivity contribution >= 4 is 5.95 Å². The van der Waals surface area contributed by atoms with Crippen LogP contribution in [0.15, 0.2) is 36.8 Å². The zero-order valence-corrected chi connectivity index (χ0v) is 15.7. The van der Waals surface area contributed by atoms with E-state index in [2.05, 4.69) is 35.6 Å². The van der Waals surface area contributed by atoms with Crippen LogP contribution in [0.5, 0.6) is 5.75 Å². The number of phenolic OH excluding ortho intramolecular Hbond substituents is 1. The van der Waals surface area contributed by atoms with Gasteiger partial charge in [-0.1, -0.05) is 6.07 Å². The lowest BCUT2D eigenvalue weighted by Gasteiger charge is -2.35. The smallest absolute Gasteiger partial charge is 0.245 e. The molecule has 5 rings (SSSR count). The number of anilines is 1. The zero-order chi connectivity index (χ0) is 19.1. The Hall–Kier alpha value is -3.00. The Morgan fingerprint density at radius 2 is 1.89 bits per heavy atom. The van der Waals surface area contributed by atoms with Crippen molar-refractivity contribution < 1.29 is 5.11 Å². The van der Waals surface area contributed by atoms with Crippen molar-refractivity contribution in [1.29, 1.82) is 0 Å². The number of rotatable bonds is 4. The Bertz CT molecular complexity index is 945. The molecule has 0 spiro atoms. The number of fused-ring (bicyclic) bond motifs is 2. The fraction of sp³-hybridized carbons (Fsp3) is 0.400. The van der Waals surface area contributed by atoms with E-state index in [0.29, 0.717) is 35.3 Å². The molecule has 8 nitrogen and oxygen atoms in total. The number of phenols is 1. The second-order valence-corrected chi connectivity index (χ2v) is 7.74. The quantitative estimate of drug-likeness (QED) is 0.641. The van der Waals surface area contributed by atoms with Crippen molar-refractivity contribution in [2.45, 2.75) is 43.8 Å². The number of benzene rings is 1. The number of hydrogen-bond acceptors (Lipinski definition) is 7. The molecular weight excluding hydrogens is 354 g/mol. The predicted molar refractivity (Wildman–Crippen MR) is 106 cm³/mol. The fourth-order valence-electron chi connectivity index (χ4n) is 4.40. The number of aromatic amines is 1. The molecule has 3 aromatic rings. The summed E-state index contributed by atoms with van der Waals surface area (Å²) in [6.45, 7) is 0. The molecule has 2 atom stereocenters. The Morgan fingerprint density at radius 3 is 2.54 bits per heavy atom. The molecule has 0 saturated carbocycles. The highest BCUT2D eigenvalue weighted by Crippen LogP contribution is 2.33. The maximum Gasteiger partial charge on any atom is 0.245 e. The number of aromatic hydroxyl groups is 1. The van der Waals surface area contributed by atoms with Crippen LogP contribution in [0.4, 0.5) is 5.95 Å². The SMILES string of the molecule is CN(c1ncc(-c2ccc(-c3cn[nH]c3)cc2O)nn1)C1CC2CCC(C1)N2. The Balaban J connectivity index is 1.35. The van der Waals surface area contributed by atoms with Gasteiger partial charge in [0.25, 0.3) is 0 Å². The first-order valence-corrected chi connectivity index (χ1v) is 9.68. The van der Waals surface area contributed by atoms with Crippen LogP contribution < -0.4 is 10.2 Å². The minimum absolute atomic E-state index is 0.144. The maximum atomic E-state index is 10.4. The van der Waals surface area contributed by atoms with Crippen LogP contribution in [0.2, 0.25) is 0 Å². The lowest BCUT2D eigenvalue weighted by Crippen LogP contribution is -2.47. The second kappa shape index (κ2) is 6.87. The highest BCUT2D eigenvalue weighted by Gasteiger charge is 2.35. The summed E-state index contributed by atoms with van der Waals surface area (Å²) in [5, 5.41) is 29.5. The van der Waals surface area contributed by atoms with E-state index in [0.717, 1.165) is 24.0 Å². The van der Waals surface area contributed by atoms with Crippen LogP contribution >= 0.6 is 0 Å². The molecule has 4 heterocycles. The van der Waals surface area contributed by atoms with Crippen molar-refractivity contribution in [3.8, 4) is 28.1 Å². The molecule has 2 saturated heterocycles. The van der Waals surface area contributed by atoms with Crippen LogP contribution in [-0.4, -0.2) is 55.7 Å². The van der Waals surface area contributed by atoms with Gasteiger partial charge in [-0.3, -0.25) is 5.10 Å². The predicted octanol–water partition coefficient (Wildman–Crippen LogP) is 2.35. The summed E-state index contributed by atoms with van der Waals surface area (Å²) in [5.41, 5.74) is 2.96. The largest absolute Gasteiger partial charge is 0.507 e. The normalized spacial score (nSPS) is 23.7. The number of H-pyrrole nitrogens is 1. The zero-order valence-electron chi connectivity index (χ0n) is 15.7. The van der Waals surface area contributed by atoms with Crippen molar-refractivity contribution in [2.24, 2.45) is 0 Å². The van der Waals surface area contributed by atoms with Crippen LogP contribution in [-0.2, 0) is 0 Å². The summed E-state index contributed by atoms with van der Waals surface area (Å²) < 4.78 is 0. The van der Waals surface area contributed by atoms with Gasteiger partial charge < -0.3 is 15.3 Å². The highest BCUT2D eigenvalue weighted by atomic mass is 16.3. The highest BCUT2D eigenvalue weighted by molar-refractivity contribution is 5.73. The van der Waals surface area contributed by atoms with Crippen LogP contribution in [0.3, 0.4) is 0 Å². The third-order valence-corrected chi connectivity index (χ3v) is 5.97. The second-order valence-electron chi connectivity index (χ2n) is 7.74. The Labute approximate surface area is 163 Å². The summed E-state index contributed by atoms with van der Waals surface area (Å²) in [7, 11) is 2.04. The van der Waals surface area contributed by atoms with E-state index < -0.39 is 0 Å². The molecule has 0 radical (unpaired) electrons. The summed E-state index contributed by atoms with van der Waals surface area (Å²) in [6, 6.07) is 7.12. The molecule has 0 amide bonds. The number of aromatic nitrogens is 5. The van der Waals surface area contributed by atoms with Crippen molar-refractivity contribution in [3.05, 3.63) is 36.8 Å². The number of hydrogen-bond donors (Lipinski definition) is 3. The molecule has 28 heavy (non-hydrogen) atoms. The first kappa shape index (κ1) is 17.1. The van der Waals surface area contributed by atoms with Gasteiger partial charge in [0.1, 0.15) is 11.4 Å². The molecule has 2 aliphatic rings. The van der Waals surface area contributed by atoms with Gasteiger partial charge in [0.05, 0.1) is 12.4 Å². The molecule has 0 aliphatic carbocycles. The van der Waals surface area contributed by atoms with Crippen LogP contribution in [0.25, 0.3) is 22.4 Å². The van der Waals surface area contributed by atoms with Gasteiger partial charge >= 0.3 is 0 Å². The lowest BCUT2D eigenvalue weighted by atomic mass is 9.99. The molecule has 2 bridgehead atoms. The van der Waals surface area contributed by atoms with Gasteiger partial charge in [-0.05, 0) is 43.4 Å². The van der Waals surface area contributed by atoms with Gasteiger partial charge in [-0.25, -0.2) is 4.98 Å². The minimum Gasteiger partial charge on any atom is -0.507 e. The molecular formula is C20H23N7O. The average Bonchev–Trinajstić information content (AvgIpc) is 3.37. The minimum atomic E-state index is 0.144. The van der Waals surface area contributed by atoms with Crippen molar-refractivity contribution in [2.75, 3.05) is 11.9 Å². The summed E-state index contributed by atoms with van der Waals surface area (Å²) in [5.74, 6) is 0.774. The maximum absolute atomic E-state index is 10.4. The van der Waals surface area contributed by atoms with Crippen molar-refractivity contribution in [3.63, 3.8) is 0 Å². The molecule has 2 unspecified atom stereocenters. The van der Waals surface area contributed by atoms with E-state index in [1.54, 1.807) is 24.7 Å². The summed E-state index contributed by atoms with van der Waals surface area (Å²) >= 11 is 0.